The molecule has 1 N–H and O–H groups in total. The number of ether oxygens (including phenoxy) is 1. The van der Waals surface area contributed by atoms with Crippen molar-refractivity contribution >= 4 is 11.6 Å². The Balaban J connectivity index is 1.75. The highest BCUT2D eigenvalue weighted by molar-refractivity contribution is 6.30. The molecule has 1 unspecified atom stereocenters. The van der Waals surface area contributed by atoms with E-state index in [1.807, 2.05) is 19.2 Å². The van der Waals surface area contributed by atoms with Crippen molar-refractivity contribution in [3.63, 3.8) is 0 Å². The number of likely N-dealkylation sites (N-methyl/N-ethyl adjacent to an activating group) is 1. The van der Waals surface area contributed by atoms with Crippen LogP contribution in [0.1, 0.15) is 5.56 Å². The summed E-state index contributed by atoms with van der Waals surface area (Å²) < 4.78 is 5.30. The number of hydrogen-bond acceptors (Lipinski definition) is 5. The van der Waals surface area contributed by atoms with E-state index in [1.54, 1.807) is 6.20 Å². The van der Waals surface area contributed by atoms with Gasteiger partial charge in [0.15, 0.2) is 0 Å². The number of rotatable bonds is 6. The van der Waals surface area contributed by atoms with Crippen molar-refractivity contribution in [3.05, 3.63) is 29.0 Å². The quantitative estimate of drug-likeness (QED) is 0.790. The van der Waals surface area contributed by atoms with Crippen LogP contribution in [0.4, 0.5) is 0 Å². The third-order valence-corrected chi connectivity index (χ3v) is 3.71. The van der Waals surface area contributed by atoms with E-state index in [-0.39, 0.29) is 6.10 Å². The van der Waals surface area contributed by atoms with Crippen molar-refractivity contribution in [2.45, 2.75) is 12.6 Å². The van der Waals surface area contributed by atoms with E-state index >= 15 is 0 Å². The first kappa shape index (κ1) is 15.7. The molecule has 0 aliphatic carbocycles. The summed E-state index contributed by atoms with van der Waals surface area (Å²) in [4.78, 5) is 8.36. The number of aliphatic hydroxyl groups excluding tert-OH is 1. The lowest BCUT2D eigenvalue weighted by Gasteiger charge is -2.30. The van der Waals surface area contributed by atoms with Gasteiger partial charge in [0.05, 0.1) is 19.3 Å². The standard InChI is InChI=1S/C14H22ClN3O2/c1-17(9-12-3-2-4-16-14(12)15)10-13(19)11-18-5-7-20-8-6-18/h2-4,13,19H,5-11H2,1H3. The van der Waals surface area contributed by atoms with E-state index in [2.05, 4.69) is 14.8 Å². The summed E-state index contributed by atoms with van der Waals surface area (Å²) in [6, 6.07) is 3.83. The number of nitrogens with zero attached hydrogens (tertiary/aromatic N) is 3. The van der Waals surface area contributed by atoms with Gasteiger partial charge < -0.3 is 9.84 Å². The van der Waals surface area contributed by atoms with Crippen molar-refractivity contribution in [1.82, 2.24) is 14.8 Å². The average Bonchev–Trinajstić information content (AvgIpc) is 2.42. The molecule has 0 spiro atoms. The summed E-state index contributed by atoms with van der Waals surface area (Å²) in [6.45, 7) is 5.30. The van der Waals surface area contributed by atoms with Gasteiger partial charge in [-0.2, -0.15) is 0 Å². The lowest BCUT2D eigenvalue weighted by Crippen LogP contribution is -2.43. The molecule has 0 aromatic carbocycles. The molecule has 5 nitrogen and oxygen atoms in total. The predicted molar refractivity (Wildman–Crippen MR) is 78.8 cm³/mol. The summed E-state index contributed by atoms with van der Waals surface area (Å²) in [5.41, 5.74) is 0.982. The van der Waals surface area contributed by atoms with E-state index in [9.17, 15) is 5.11 Å². The number of morpholine rings is 1. The predicted octanol–water partition coefficient (Wildman–Crippen LogP) is 0.860. The molecule has 1 fully saturated rings. The lowest BCUT2D eigenvalue weighted by molar-refractivity contribution is 0.00825. The van der Waals surface area contributed by atoms with Crippen LogP contribution in [0.25, 0.3) is 0 Å². The van der Waals surface area contributed by atoms with E-state index in [0.717, 1.165) is 31.9 Å². The molecular formula is C14H22ClN3O2. The van der Waals surface area contributed by atoms with Crippen molar-refractivity contribution in [1.29, 1.82) is 0 Å². The van der Waals surface area contributed by atoms with E-state index in [4.69, 9.17) is 16.3 Å². The number of pyridine rings is 1. The first-order chi connectivity index (χ1) is 9.65. The maximum atomic E-state index is 10.1. The zero-order valence-electron chi connectivity index (χ0n) is 11.8. The van der Waals surface area contributed by atoms with Gasteiger partial charge in [0.1, 0.15) is 5.15 Å². The minimum atomic E-state index is -0.367. The van der Waals surface area contributed by atoms with E-state index < -0.39 is 0 Å². The van der Waals surface area contributed by atoms with Crippen LogP contribution in [-0.2, 0) is 11.3 Å². The van der Waals surface area contributed by atoms with Crippen LogP contribution < -0.4 is 0 Å². The molecular weight excluding hydrogens is 278 g/mol. The Morgan fingerprint density at radius 1 is 1.50 bits per heavy atom. The molecule has 0 radical (unpaired) electrons. The SMILES string of the molecule is CN(Cc1cccnc1Cl)CC(O)CN1CCOCC1. The highest BCUT2D eigenvalue weighted by Crippen LogP contribution is 2.13. The molecule has 1 saturated heterocycles. The topological polar surface area (TPSA) is 48.8 Å². The van der Waals surface area contributed by atoms with Gasteiger partial charge in [-0.1, -0.05) is 17.7 Å². The molecule has 2 heterocycles. The van der Waals surface area contributed by atoms with Crippen LogP contribution in [0, 0.1) is 0 Å². The first-order valence-electron chi connectivity index (χ1n) is 6.91. The third kappa shape index (κ3) is 5.00. The van der Waals surface area contributed by atoms with Crippen molar-refractivity contribution in [2.75, 3.05) is 46.4 Å². The number of hydrogen-bond donors (Lipinski definition) is 1. The fourth-order valence-electron chi connectivity index (χ4n) is 2.39. The zero-order valence-corrected chi connectivity index (χ0v) is 12.6. The highest BCUT2D eigenvalue weighted by Gasteiger charge is 2.16. The molecule has 6 heteroatoms. The van der Waals surface area contributed by atoms with E-state index in [0.29, 0.717) is 24.8 Å². The maximum Gasteiger partial charge on any atom is 0.133 e. The second kappa shape index (κ2) is 7.90. The smallest absolute Gasteiger partial charge is 0.133 e. The molecule has 112 valence electrons. The molecule has 0 bridgehead atoms. The molecule has 1 aliphatic rings. The molecule has 1 aliphatic heterocycles. The van der Waals surface area contributed by atoms with Gasteiger partial charge in [-0.15, -0.1) is 0 Å². The van der Waals surface area contributed by atoms with Gasteiger partial charge in [-0.05, 0) is 13.1 Å². The second-order valence-corrected chi connectivity index (χ2v) is 5.57. The average molecular weight is 300 g/mol. The van der Waals surface area contributed by atoms with Gasteiger partial charge in [0.2, 0.25) is 0 Å². The van der Waals surface area contributed by atoms with E-state index in [1.165, 1.54) is 0 Å². The van der Waals surface area contributed by atoms with Gasteiger partial charge in [0, 0.05) is 44.5 Å². The Hall–Kier alpha value is -0.720. The van der Waals surface area contributed by atoms with Crippen LogP contribution in [0.15, 0.2) is 18.3 Å². The van der Waals surface area contributed by atoms with Gasteiger partial charge in [0.25, 0.3) is 0 Å². The summed E-state index contributed by atoms with van der Waals surface area (Å²) in [7, 11) is 1.98. The summed E-state index contributed by atoms with van der Waals surface area (Å²) in [5, 5.41) is 10.7. The number of aromatic nitrogens is 1. The molecule has 0 amide bonds. The van der Waals surface area contributed by atoms with Crippen LogP contribution in [-0.4, -0.2) is 72.4 Å². The second-order valence-electron chi connectivity index (χ2n) is 5.22. The van der Waals surface area contributed by atoms with Crippen molar-refractivity contribution in [3.8, 4) is 0 Å². The first-order valence-corrected chi connectivity index (χ1v) is 7.29. The fourth-order valence-corrected chi connectivity index (χ4v) is 2.57. The molecule has 1 atom stereocenters. The summed E-state index contributed by atoms with van der Waals surface area (Å²) in [5.74, 6) is 0. The van der Waals surface area contributed by atoms with Crippen molar-refractivity contribution in [2.24, 2.45) is 0 Å². The Kier molecular flexibility index (Phi) is 6.19. The highest BCUT2D eigenvalue weighted by atomic mass is 35.5. The Bertz CT molecular complexity index is 413. The fraction of sp³-hybridized carbons (Fsp3) is 0.643. The molecule has 1 aromatic heterocycles. The van der Waals surface area contributed by atoms with Crippen molar-refractivity contribution < 1.29 is 9.84 Å². The largest absolute Gasteiger partial charge is 0.390 e. The molecule has 1 aromatic rings. The summed E-state index contributed by atoms with van der Waals surface area (Å²) >= 11 is 6.04. The number of aliphatic hydroxyl groups is 1. The Morgan fingerprint density at radius 2 is 2.25 bits per heavy atom. The molecule has 2 rings (SSSR count). The third-order valence-electron chi connectivity index (χ3n) is 3.37. The minimum absolute atomic E-state index is 0.367. The Labute approximate surface area is 125 Å². The lowest BCUT2D eigenvalue weighted by atomic mass is 10.2. The number of β-amino-alcohol motifs (C(OH)–C–C–N with tert-alkyl or cyclic N) is 1. The van der Waals surface area contributed by atoms with Gasteiger partial charge >= 0.3 is 0 Å². The van der Waals surface area contributed by atoms with Crippen LogP contribution in [0.2, 0.25) is 5.15 Å². The zero-order chi connectivity index (χ0) is 14.4. The minimum Gasteiger partial charge on any atom is -0.390 e. The number of halogens is 1. The summed E-state index contributed by atoms with van der Waals surface area (Å²) in [6.07, 6.45) is 1.31. The normalized spacial score (nSPS) is 18.4. The van der Waals surface area contributed by atoms with Gasteiger partial charge in [-0.3, -0.25) is 9.80 Å². The molecule has 20 heavy (non-hydrogen) atoms. The van der Waals surface area contributed by atoms with Crippen LogP contribution in [0.3, 0.4) is 0 Å². The molecule has 0 saturated carbocycles. The maximum absolute atomic E-state index is 10.1. The van der Waals surface area contributed by atoms with Crippen LogP contribution in [0.5, 0.6) is 0 Å². The monoisotopic (exact) mass is 299 g/mol. The van der Waals surface area contributed by atoms with Gasteiger partial charge in [-0.25, -0.2) is 4.98 Å². The van der Waals surface area contributed by atoms with Crippen LogP contribution >= 0.6 is 11.6 Å². The Morgan fingerprint density at radius 3 is 2.95 bits per heavy atom.